The maximum absolute atomic E-state index is 9.02. The van der Waals surface area contributed by atoms with Crippen molar-refractivity contribution in [3.05, 3.63) is 96.6 Å². The fraction of sp³-hybridized carbons (Fsp3) is 0.208. The number of rotatable bonds is 4. The molecule has 2 nitrogen and oxygen atoms in total. The van der Waals surface area contributed by atoms with Gasteiger partial charge in [-0.2, -0.15) is 18.2 Å². The Morgan fingerprint density at radius 1 is 0.857 bits per heavy atom. The van der Waals surface area contributed by atoms with Crippen LogP contribution in [0.2, 0.25) is 9.38 Å². The van der Waals surface area contributed by atoms with Crippen LogP contribution in [0.3, 0.4) is 0 Å². The predicted molar refractivity (Wildman–Crippen MR) is 115 cm³/mol. The summed E-state index contributed by atoms with van der Waals surface area (Å²) in [6.45, 7) is 4.77. The Labute approximate surface area is 181 Å². The summed E-state index contributed by atoms with van der Waals surface area (Å²) < 4.78 is 2.99. The Morgan fingerprint density at radius 2 is 1.36 bits per heavy atom. The van der Waals surface area contributed by atoms with Crippen molar-refractivity contribution in [3.8, 4) is 0 Å². The third-order valence-corrected chi connectivity index (χ3v) is 12.2. The summed E-state index contributed by atoms with van der Waals surface area (Å²) in [6.07, 6.45) is 0. The van der Waals surface area contributed by atoms with Crippen LogP contribution in [-0.4, -0.2) is 29.3 Å². The van der Waals surface area contributed by atoms with Gasteiger partial charge in [-0.1, -0.05) is 0 Å². The van der Waals surface area contributed by atoms with Gasteiger partial charge in [0.05, 0.1) is 0 Å². The molecule has 28 heavy (non-hydrogen) atoms. The van der Waals surface area contributed by atoms with E-state index in [9.17, 15) is 0 Å². The maximum atomic E-state index is 9.02. The molecule has 0 aliphatic carbocycles. The minimum Gasteiger partial charge on any atom is -0.214 e. The third kappa shape index (κ3) is 9.99. The molecule has 3 rings (SSSR count). The molecule has 0 aromatic heterocycles. The first-order chi connectivity index (χ1) is 13.5. The van der Waals surface area contributed by atoms with E-state index in [4.69, 9.17) is 9.59 Å². The van der Waals surface area contributed by atoms with Gasteiger partial charge in [0.15, 0.2) is 0 Å². The first-order valence-electron chi connectivity index (χ1n) is 8.96. The second kappa shape index (κ2) is 14.3. The Bertz CT molecular complexity index is 844. The van der Waals surface area contributed by atoms with E-state index in [1.165, 1.54) is 19.6 Å². The largest absolute Gasteiger partial charge is 0.214 e. The standard InChI is InChI=1S/C10H13.C6H5.C5H5.2CO.CH3.Fe.Sn/c1-10(2,3)9-7-5-4-6-8-9;1-2-4-6-5-3-1;1-2-4-5-3-1;2*1-2;;;/h4-8H,1H2,2-3H3;1-5H;1-5H;;;1H3;;/q;;-1;;;;;. The Kier molecular flexibility index (Phi) is 12.4. The van der Waals surface area contributed by atoms with E-state index in [1.807, 2.05) is 30.3 Å². The van der Waals surface area contributed by atoms with E-state index in [1.54, 1.807) is 3.58 Å². The van der Waals surface area contributed by atoms with Crippen molar-refractivity contribution in [1.29, 1.82) is 0 Å². The summed E-state index contributed by atoms with van der Waals surface area (Å²) in [7, 11) is 0. The normalized spacial score (nSPS) is 9.86. The molecule has 0 amide bonds. The molecule has 0 unspecified atom stereocenters. The molecule has 0 bridgehead atoms. The fourth-order valence-corrected chi connectivity index (χ4v) is 9.98. The molecule has 0 fully saturated rings. The van der Waals surface area contributed by atoms with E-state index in [-0.39, 0.29) is 14.1 Å². The van der Waals surface area contributed by atoms with Crippen molar-refractivity contribution < 1.29 is 23.7 Å². The fourth-order valence-electron chi connectivity index (χ4n) is 2.81. The average molecular weight is 521 g/mol. The zero-order chi connectivity index (χ0) is 20.7. The van der Waals surface area contributed by atoms with Gasteiger partial charge < -0.3 is 0 Å². The van der Waals surface area contributed by atoms with Gasteiger partial charge in [-0.05, 0) is 0 Å². The summed E-state index contributed by atoms with van der Waals surface area (Å²) in [5.74, 6) is 0. The van der Waals surface area contributed by atoms with Gasteiger partial charge in [-0.15, -0.1) is 0 Å². The Balaban J connectivity index is 0.000000321. The van der Waals surface area contributed by atoms with Gasteiger partial charge in [0, 0.05) is 0 Å². The first-order valence-corrected chi connectivity index (χ1v) is 16.4. The van der Waals surface area contributed by atoms with Crippen LogP contribution in [0.15, 0.2) is 91.0 Å². The van der Waals surface area contributed by atoms with Gasteiger partial charge in [0.25, 0.3) is 0 Å². The van der Waals surface area contributed by atoms with Crippen molar-refractivity contribution >= 4 is 32.9 Å². The smallest absolute Gasteiger partial charge is 0.172 e. The molecule has 1 radical (unpaired) electrons. The van der Waals surface area contributed by atoms with E-state index >= 15 is 0 Å². The Morgan fingerprint density at radius 3 is 1.75 bits per heavy atom. The van der Waals surface area contributed by atoms with Crippen LogP contribution in [0.1, 0.15) is 19.4 Å². The monoisotopic (exact) mass is 522 g/mol. The zero-order valence-corrected chi connectivity index (χ0v) is 20.5. The van der Waals surface area contributed by atoms with E-state index in [0.717, 1.165) is 0 Å². The van der Waals surface area contributed by atoms with Crippen LogP contribution in [0.5, 0.6) is 0 Å². The molecule has 4 heteroatoms. The summed E-state index contributed by atoms with van der Waals surface area (Å²) >= 11 is -1.68. The molecule has 0 saturated carbocycles. The van der Waals surface area contributed by atoms with Gasteiger partial charge in [0.1, 0.15) is 0 Å². The van der Waals surface area contributed by atoms with E-state index < -0.39 is 19.8 Å². The van der Waals surface area contributed by atoms with Crippen molar-refractivity contribution in [1.82, 2.24) is 0 Å². The second-order valence-electron chi connectivity index (χ2n) is 6.77. The van der Waals surface area contributed by atoms with Gasteiger partial charge in [-0.25, -0.2) is 12.1 Å². The molecule has 0 aliphatic heterocycles. The topological polar surface area (TPSA) is 34.1 Å². The van der Waals surface area contributed by atoms with Crippen molar-refractivity contribution in [2.45, 2.75) is 28.6 Å². The molecule has 0 saturated heterocycles. The quantitative estimate of drug-likeness (QED) is 0.372. The SMILES string of the molecule is O=[C]=[Fe]=[C]=O.[CH3][Sn]([CH2]C(C)(C)c1ccccc1)[c]1ccccc1.c1cc[cH-]c1. The predicted octanol–water partition coefficient (Wildman–Crippen LogP) is 4.60. The number of hydrogen-bond acceptors (Lipinski definition) is 2. The van der Waals surface area contributed by atoms with E-state index in [2.05, 4.69) is 79.5 Å². The van der Waals surface area contributed by atoms with Gasteiger partial charge >= 0.3 is 151 Å². The molecule has 147 valence electrons. The summed E-state index contributed by atoms with van der Waals surface area (Å²) in [5.41, 5.74) is 1.78. The van der Waals surface area contributed by atoms with Crippen LogP contribution >= 0.6 is 0 Å². The molecule has 3 aromatic rings. The minimum atomic E-state index is -1.45. The maximum Gasteiger partial charge on any atom is -0.172 e. The van der Waals surface area contributed by atoms with Crippen LogP contribution in [0.4, 0.5) is 0 Å². The van der Waals surface area contributed by atoms with Crippen LogP contribution in [0, 0.1) is 0 Å². The summed E-state index contributed by atoms with van der Waals surface area (Å²) in [6, 6.07) is 32.0. The molecule has 3 aromatic carbocycles. The van der Waals surface area contributed by atoms with Crippen LogP contribution < -0.4 is 3.58 Å². The molecule has 0 spiro atoms. The molecule has 0 aliphatic rings. The van der Waals surface area contributed by atoms with E-state index in [0.29, 0.717) is 5.41 Å². The zero-order valence-electron chi connectivity index (χ0n) is 16.5. The molecular weight excluding hydrogens is 495 g/mol. The Hall–Kier alpha value is -1.73. The van der Waals surface area contributed by atoms with Gasteiger partial charge in [-0.3, -0.25) is 0 Å². The number of carbonyl (C=O) groups excluding carboxylic acids is 2. The average Bonchev–Trinajstić information content (AvgIpc) is 3.30. The minimum absolute atomic E-state index is 0.222. The first kappa shape index (κ1) is 24.3. The van der Waals surface area contributed by atoms with Crippen LogP contribution in [-0.2, 0) is 29.1 Å². The van der Waals surface area contributed by atoms with Crippen molar-refractivity contribution in [2.24, 2.45) is 0 Å². The van der Waals surface area contributed by atoms with Crippen LogP contribution in [0.25, 0.3) is 0 Å². The molecule has 0 atom stereocenters. The second-order valence-corrected chi connectivity index (χ2v) is 14.6. The van der Waals surface area contributed by atoms with Crippen molar-refractivity contribution in [2.75, 3.05) is 0 Å². The van der Waals surface area contributed by atoms with Crippen molar-refractivity contribution in [3.63, 3.8) is 0 Å². The number of hydrogen-bond donors (Lipinski definition) is 0. The molecule has 0 N–H and O–H groups in total. The summed E-state index contributed by atoms with van der Waals surface area (Å²) in [5, 5.41) is 0. The summed E-state index contributed by atoms with van der Waals surface area (Å²) in [4.78, 5) is 23.2. The third-order valence-electron chi connectivity index (χ3n) is 4.16. The van der Waals surface area contributed by atoms with Gasteiger partial charge in [0.2, 0.25) is 0 Å². The molecule has 0 heterocycles. The number of benzene rings is 2. The molecular formula is C24H26FeO2Sn-.